The fraction of sp³-hybridized carbons (Fsp3) is 0.440. The Bertz CT molecular complexity index is 822. The highest BCUT2D eigenvalue weighted by Gasteiger charge is 2.34. The zero-order valence-electron chi connectivity index (χ0n) is 18.3. The number of carbonyl (C=O) groups excluding carboxylic acids is 2. The van der Waals surface area contributed by atoms with Gasteiger partial charge >= 0.3 is 0 Å². The van der Waals surface area contributed by atoms with Crippen molar-refractivity contribution in [2.45, 2.75) is 65.0 Å². The van der Waals surface area contributed by atoms with Crippen molar-refractivity contribution in [3.05, 3.63) is 71.5 Å². The average Bonchev–Trinajstić information content (AvgIpc) is 2.72. The van der Waals surface area contributed by atoms with E-state index in [4.69, 9.17) is 11.6 Å². The van der Waals surface area contributed by atoms with Crippen LogP contribution in [0.2, 0.25) is 0 Å². The quantitative estimate of drug-likeness (QED) is 0.433. The summed E-state index contributed by atoms with van der Waals surface area (Å²) in [6.07, 6.45) is 10.8. The molecule has 0 radical (unpaired) electrons. The molecule has 2 rings (SSSR count). The number of carbonyl (C=O) groups is 2. The summed E-state index contributed by atoms with van der Waals surface area (Å²) >= 11 is 6.00. The number of amides is 2. The molecule has 1 aromatic carbocycles. The van der Waals surface area contributed by atoms with E-state index in [0.717, 1.165) is 42.4 Å². The monoisotopic (exact) mass is 428 g/mol. The lowest BCUT2D eigenvalue weighted by atomic mass is 9.93. The van der Waals surface area contributed by atoms with E-state index in [1.165, 1.54) is 11.3 Å². The maximum atomic E-state index is 13.6. The molecule has 1 aliphatic rings. The Hall–Kier alpha value is -2.33. The maximum absolute atomic E-state index is 13.6. The number of rotatable bonds is 8. The van der Waals surface area contributed by atoms with Gasteiger partial charge in [-0.3, -0.25) is 14.5 Å². The summed E-state index contributed by atoms with van der Waals surface area (Å²) in [5.41, 5.74) is 3.12. The average molecular weight is 429 g/mol. The Morgan fingerprint density at radius 3 is 2.50 bits per heavy atom. The molecule has 30 heavy (non-hydrogen) atoms. The normalized spacial score (nSPS) is 16.3. The van der Waals surface area contributed by atoms with E-state index in [1.54, 1.807) is 0 Å². The van der Waals surface area contributed by atoms with Crippen LogP contribution in [0.25, 0.3) is 0 Å². The first-order valence-corrected chi connectivity index (χ1v) is 11.2. The number of aryl methyl sites for hydroxylation is 1. The molecule has 1 saturated carbocycles. The van der Waals surface area contributed by atoms with E-state index in [2.05, 4.69) is 11.9 Å². The molecule has 162 valence electrons. The topological polar surface area (TPSA) is 49.4 Å². The van der Waals surface area contributed by atoms with E-state index in [1.807, 2.05) is 63.3 Å². The van der Waals surface area contributed by atoms with Crippen molar-refractivity contribution in [1.82, 2.24) is 10.2 Å². The fourth-order valence-electron chi connectivity index (χ4n) is 3.94. The molecular formula is C25H33ClN2O2. The molecule has 1 aromatic rings. The van der Waals surface area contributed by atoms with Gasteiger partial charge in [0, 0.05) is 11.7 Å². The van der Waals surface area contributed by atoms with Crippen molar-refractivity contribution < 1.29 is 9.59 Å². The molecule has 0 bridgehead atoms. The predicted octanol–water partition coefficient (Wildman–Crippen LogP) is 5.59. The smallest absolute Gasteiger partial charge is 0.248 e. The van der Waals surface area contributed by atoms with Crippen molar-refractivity contribution >= 4 is 23.4 Å². The largest absolute Gasteiger partial charge is 0.351 e. The molecule has 0 spiro atoms. The standard InChI is InChI=1S/C25H33ClN2O2/c1-5-11-21(16-18(2)3)28(23(29)17-26)24(22-15-10-9-12-19(22)4)25(30)27-20-13-7-6-8-14-20/h5,9-12,15-16,20,24H,2,6-8,13-14,17H2,1,3-4H3,(H,27,30). The minimum Gasteiger partial charge on any atom is -0.351 e. The first-order valence-electron chi connectivity index (χ1n) is 10.6. The minimum atomic E-state index is -0.804. The molecule has 5 heteroatoms. The summed E-state index contributed by atoms with van der Waals surface area (Å²) in [6, 6.07) is 7.02. The van der Waals surface area contributed by atoms with Gasteiger partial charge in [-0.2, -0.15) is 0 Å². The highest BCUT2D eigenvalue weighted by atomic mass is 35.5. The van der Waals surface area contributed by atoms with Gasteiger partial charge in [-0.1, -0.05) is 61.8 Å². The molecule has 0 heterocycles. The zero-order chi connectivity index (χ0) is 22.1. The van der Waals surface area contributed by atoms with Gasteiger partial charge in [0.1, 0.15) is 11.9 Å². The van der Waals surface area contributed by atoms with Crippen LogP contribution in [0.3, 0.4) is 0 Å². The van der Waals surface area contributed by atoms with Gasteiger partial charge in [0.15, 0.2) is 0 Å². The van der Waals surface area contributed by atoms with Gasteiger partial charge in [-0.25, -0.2) is 0 Å². The predicted molar refractivity (Wildman–Crippen MR) is 124 cm³/mol. The zero-order valence-corrected chi connectivity index (χ0v) is 19.0. The second-order valence-corrected chi connectivity index (χ2v) is 8.18. The lowest BCUT2D eigenvalue weighted by molar-refractivity contribution is -0.137. The highest BCUT2D eigenvalue weighted by molar-refractivity contribution is 6.27. The van der Waals surface area contributed by atoms with Crippen LogP contribution in [0.4, 0.5) is 0 Å². The number of nitrogens with zero attached hydrogens (tertiary/aromatic N) is 1. The summed E-state index contributed by atoms with van der Waals surface area (Å²) in [5, 5.41) is 3.20. The number of allylic oxidation sites excluding steroid dienone is 4. The number of hydrogen-bond donors (Lipinski definition) is 1. The van der Waals surface area contributed by atoms with Crippen molar-refractivity contribution in [2.24, 2.45) is 0 Å². The number of hydrogen-bond acceptors (Lipinski definition) is 2. The SMILES string of the molecule is C=C(C)C=C(C=CC)N(C(=O)CCl)C(C(=O)NC1CCCCC1)c1ccccc1C. The Labute approximate surface area is 185 Å². The van der Waals surface area contributed by atoms with Gasteiger partial charge in [0.25, 0.3) is 0 Å². The molecular weight excluding hydrogens is 396 g/mol. The van der Waals surface area contributed by atoms with E-state index in [9.17, 15) is 9.59 Å². The molecule has 4 nitrogen and oxygen atoms in total. The van der Waals surface area contributed by atoms with E-state index >= 15 is 0 Å². The van der Waals surface area contributed by atoms with Crippen LogP contribution in [0, 0.1) is 6.92 Å². The number of nitrogens with one attached hydrogen (secondary N) is 1. The van der Waals surface area contributed by atoms with Gasteiger partial charge in [-0.05, 0) is 56.9 Å². The molecule has 1 unspecified atom stereocenters. The first-order chi connectivity index (χ1) is 14.4. The molecule has 1 atom stereocenters. The Kier molecular flexibility index (Phi) is 9.38. The van der Waals surface area contributed by atoms with E-state index in [0.29, 0.717) is 5.70 Å². The Morgan fingerprint density at radius 2 is 1.93 bits per heavy atom. The first kappa shape index (κ1) is 23.9. The molecule has 2 amide bonds. The Morgan fingerprint density at radius 1 is 1.27 bits per heavy atom. The lowest BCUT2D eigenvalue weighted by Crippen LogP contribution is -2.47. The number of alkyl halides is 1. The van der Waals surface area contributed by atoms with Crippen molar-refractivity contribution in [2.75, 3.05) is 5.88 Å². The third-order valence-corrected chi connectivity index (χ3v) is 5.56. The number of halogens is 1. The second-order valence-electron chi connectivity index (χ2n) is 7.92. The molecule has 1 N–H and O–H groups in total. The molecule has 0 aromatic heterocycles. The van der Waals surface area contributed by atoms with E-state index < -0.39 is 6.04 Å². The van der Waals surface area contributed by atoms with Crippen LogP contribution in [-0.4, -0.2) is 28.6 Å². The van der Waals surface area contributed by atoms with Crippen LogP contribution < -0.4 is 5.32 Å². The van der Waals surface area contributed by atoms with Gasteiger partial charge in [0.05, 0.1) is 0 Å². The highest BCUT2D eigenvalue weighted by Crippen LogP contribution is 2.30. The minimum absolute atomic E-state index is 0.140. The van der Waals surface area contributed by atoms with Gasteiger partial charge < -0.3 is 5.32 Å². The molecule has 1 aliphatic carbocycles. The van der Waals surface area contributed by atoms with Crippen LogP contribution >= 0.6 is 11.6 Å². The van der Waals surface area contributed by atoms with Crippen LogP contribution in [-0.2, 0) is 9.59 Å². The third kappa shape index (κ3) is 6.33. The summed E-state index contributed by atoms with van der Waals surface area (Å²) < 4.78 is 0. The summed E-state index contributed by atoms with van der Waals surface area (Å²) in [7, 11) is 0. The third-order valence-electron chi connectivity index (χ3n) is 5.33. The van der Waals surface area contributed by atoms with E-state index in [-0.39, 0.29) is 23.7 Å². The second kappa shape index (κ2) is 11.8. The summed E-state index contributed by atoms with van der Waals surface area (Å²) in [5.74, 6) is -0.717. The molecule has 0 saturated heterocycles. The van der Waals surface area contributed by atoms with Crippen LogP contribution in [0.1, 0.15) is 63.1 Å². The summed E-state index contributed by atoms with van der Waals surface area (Å²) in [4.78, 5) is 28.2. The maximum Gasteiger partial charge on any atom is 0.248 e. The van der Waals surface area contributed by atoms with Crippen LogP contribution in [0.15, 0.2) is 60.3 Å². The van der Waals surface area contributed by atoms with Crippen molar-refractivity contribution in [3.8, 4) is 0 Å². The fourth-order valence-corrected chi connectivity index (χ4v) is 4.07. The van der Waals surface area contributed by atoms with Gasteiger partial charge in [-0.15, -0.1) is 11.6 Å². The van der Waals surface area contributed by atoms with Gasteiger partial charge in [0.2, 0.25) is 11.8 Å². The summed E-state index contributed by atoms with van der Waals surface area (Å²) in [6.45, 7) is 9.64. The molecule has 1 fully saturated rings. The van der Waals surface area contributed by atoms with Crippen molar-refractivity contribution in [3.63, 3.8) is 0 Å². The molecule has 0 aliphatic heterocycles. The number of benzene rings is 1. The lowest BCUT2D eigenvalue weighted by Gasteiger charge is -2.34. The Balaban J connectivity index is 2.57. The van der Waals surface area contributed by atoms with Crippen molar-refractivity contribution in [1.29, 1.82) is 0 Å². The van der Waals surface area contributed by atoms with Crippen LogP contribution in [0.5, 0.6) is 0 Å².